The summed E-state index contributed by atoms with van der Waals surface area (Å²) >= 11 is 0. The second-order valence-electron chi connectivity index (χ2n) is 7.56. The molecule has 7 nitrogen and oxygen atoms in total. The van der Waals surface area contributed by atoms with Crippen molar-refractivity contribution >= 4 is 22.9 Å². The molecule has 2 aromatic carbocycles. The van der Waals surface area contributed by atoms with E-state index in [0.29, 0.717) is 23.3 Å². The fourth-order valence-corrected chi connectivity index (χ4v) is 4.10. The van der Waals surface area contributed by atoms with E-state index in [9.17, 15) is 4.79 Å². The highest BCUT2D eigenvalue weighted by Gasteiger charge is 2.31. The number of benzene rings is 2. The Balaban J connectivity index is 1.48. The summed E-state index contributed by atoms with van der Waals surface area (Å²) < 4.78 is 5.93. The summed E-state index contributed by atoms with van der Waals surface area (Å²) in [4.78, 5) is 16.1. The molecule has 0 saturated carbocycles. The van der Waals surface area contributed by atoms with Crippen LogP contribution in [0, 0.1) is 0 Å². The van der Waals surface area contributed by atoms with Crippen LogP contribution in [0.5, 0.6) is 0 Å². The number of carbonyl (C=O) groups excluding carboxylic acids is 1. The van der Waals surface area contributed by atoms with Crippen molar-refractivity contribution in [2.45, 2.75) is 25.3 Å². The van der Waals surface area contributed by atoms with Gasteiger partial charge in [-0.2, -0.15) is 0 Å². The molecule has 2 atom stereocenters. The molecule has 0 bridgehead atoms. The van der Waals surface area contributed by atoms with Crippen molar-refractivity contribution in [1.82, 2.24) is 16.0 Å². The Morgan fingerprint density at radius 3 is 2.87 bits per heavy atom. The number of aliphatic imine (C=N–C) groups is 1. The lowest BCUT2D eigenvalue weighted by molar-refractivity contribution is 0.100. The van der Waals surface area contributed by atoms with Gasteiger partial charge in [-0.25, -0.2) is 0 Å². The van der Waals surface area contributed by atoms with Gasteiger partial charge in [0.1, 0.15) is 11.9 Å². The lowest BCUT2D eigenvalue weighted by atomic mass is 10.0. The van der Waals surface area contributed by atoms with Gasteiger partial charge in [0, 0.05) is 41.8 Å². The van der Waals surface area contributed by atoms with E-state index >= 15 is 0 Å². The molecule has 0 aliphatic carbocycles. The number of hydrogen-bond donors (Lipinski definition) is 4. The molecule has 1 aromatic heterocycles. The lowest BCUT2D eigenvalue weighted by Crippen LogP contribution is -2.53. The second-order valence-corrected chi connectivity index (χ2v) is 7.56. The van der Waals surface area contributed by atoms with E-state index < -0.39 is 5.91 Å². The standard InChI is InChI=1S/C24H23N5O2/c25-22(30)17-8-4-7-16-19(17)14-31-21(16)24-28-20-10-12-26-11-9-18(20)23(29-24)27-13-15-5-2-1-3-6-15/h1-8,10-12,14,23-24,27-29H,9,13H2,(H2,25,30). The Morgan fingerprint density at radius 1 is 1.16 bits per heavy atom. The monoisotopic (exact) mass is 413 g/mol. The molecule has 2 aliphatic heterocycles. The third-order valence-corrected chi connectivity index (χ3v) is 5.63. The predicted molar refractivity (Wildman–Crippen MR) is 120 cm³/mol. The highest BCUT2D eigenvalue weighted by molar-refractivity contribution is 6.06. The summed E-state index contributed by atoms with van der Waals surface area (Å²) in [5.74, 6) is 0.230. The number of nitrogens with zero attached hydrogens (tertiary/aromatic N) is 1. The molecule has 31 heavy (non-hydrogen) atoms. The number of nitrogens with one attached hydrogen (secondary N) is 3. The van der Waals surface area contributed by atoms with Crippen molar-refractivity contribution in [2.75, 3.05) is 0 Å². The molecule has 2 aliphatic rings. The van der Waals surface area contributed by atoms with Crippen LogP contribution in [0.2, 0.25) is 0 Å². The number of allylic oxidation sites excluding steroid dienone is 1. The fourth-order valence-electron chi connectivity index (χ4n) is 4.10. The van der Waals surface area contributed by atoms with E-state index in [1.165, 1.54) is 11.1 Å². The normalized spacial score (nSPS) is 20.4. The molecule has 1 amide bonds. The average Bonchev–Trinajstić information content (AvgIpc) is 3.08. The minimum Gasteiger partial charge on any atom is -0.464 e. The van der Waals surface area contributed by atoms with E-state index in [2.05, 4.69) is 33.1 Å². The first-order valence-electron chi connectivity index (χ1n) is 10.2. The number of rotatable bonds is 5. The van der Waals surface area contributed by atoms with Gasteiger partial charge < -0.3 is 15.5 Å². The number of amides is 1. The van der Waals surface area contributed by atoms with E-state index in [0.717, 1.165) is 17.5 Å². The molecule has 5 N–H and O–H groups in total. The number of carbonyl (C=O) groups is 1. The van der Waals surface area contributed by atoms with Crippen molar-refractivity contribution < 1.29 is 9.21 Å². The fraction of sp³-hybridized carbons (Fsp3) is 0.167. The first kappa shape index (κ1) is 19.3. The molecular weight excluding hydrogens is 390 g/mol. The van der Waals surface area contributed by atoms with Crippen LogP contribution in [0.25, 0.3) is 10.8 Å². The number of nitrogens with two attached hydrogens (primary N) is 1. The summed E-state index contributed by atoms with van der Waals surface area (Å²) in [5, 5.41) is 12.3. The van der Waals surface area contributed by atoms with Crippen LogP contribution in [0.4, 0.5) is 0 Å². The van der Waals surface area contributed by atoms with Crippen LogP contribution in [-0.4, -0.2) is 18.3 Å². The van der Waals surface area contributed by atoms with Crippen LogP contribution >= 0.6 is 0 Å². The number of fused-ring (bicyclic) bond motifs is 1. The Hall–Kier alpha value is -3.68. The molecule has 0 radical (unpaired) electrons. The highest BCUT2D eigenvalue weighted by atomic mass is 16.3. The number of primary amides is 1. The van der Waals surface area contributed by atoms with Crippen LogP contribution in [0.1, 0.15) is 34.3 Å². The lowest BCUT2D eigenvalue weighted by Gasteiger charge is -2.35. The third kappa shape index (κ3) is 3.76. The zero-order valence-corrected chi connectivity index (χ0v) is 16.8. The molecule has 0 fully saturated rings. The smallest absolute Gasteiger partial charge is 0.249 e. The minimum atomic E-state index is -0.473. The van der Waals surface area contributed by atoms with Gasteiger partial charge in [0.25, 0.3) is 0 Å². The van der Waals surface area contributed by atoms with Crippen LogP contribution in [0.3, 0.4) is 0 Å². The predicted octanol–water partition coefficient (Wildman–Crippen LogP) is 3.08. The number of furan rings is 1. The zero-order chi connectivity index (χ0) is 21.2. The summed E-state index contributed by atoms with van der Waals surface area (Å²) in [5.41, 5.74) is 9.37. The maximum absolute atomic E-state index is 11.8. The van der Waals surface area contributed by atoms with Gasteiger partial charge >= 0.3 is 0 Å². The van der Waals surface area contributed by atoms with Gasteiger partial charge in [0.15, 0.2) is 0 Å². The Labute approximate surface area is 179 Å². The summed E-state index contributed by atoms with van der Waals surface area (Å²) in [6, 6.07) is 15.7. The molecule has 3 heterocycles. The first-order chi connectivity index (χ1) is 15.2. The quantitative estimate of drug-likeness (QED) is 0.515. The molecule has 7 heteroatoms. The largest absolute Gasteiger partial charge is 0.464 e. The maximum atomic E-state index is 11.8. The van der Waals surface area contributed by atoms with Crippen LogP contribution < -0.4 is 21.7 Å². The average molecular weight is 413 g/mol. The third-order valence-electron chi connectivity index (χ3n) is 5.63. The van der Waals surface area contributed by atoms with Gasteiger partial charge in [-0.3, -0.25) is 20.4 Å². The van der Waals surface area contributed by atoms with Crippen molar-refractivity contribution in [1.29, 1.82) is 0 Å². The van der Waals surface area contributed by atoms with Crippen molar-refractivity contribution in [3.8, 4) is 0 Å². The topological polar surface area (TPSA) is 105 Å². The van der Waals surface area contributed by atoms with Gasteiger partial charge in [-0.15, -0.1) is 0 Å². The number of hydrogen-bond acceptors (Lipinski definition) is 6. The first-order valence-corrected chi connectivity index (χ1v) is 10.2. The van der Waals surface area contributed by atoms with Gasteiger partial charge in [-0.1, -0.05) is 42.5 Å². The molecule has 5 rings (SSSR count). The SMILES string of the molecule is NC(=O)c1cccc2c(C3NC4=C(CC=NC=C4)C(NCc4ccccc4)N3)occ12. The van der Waals surface area contributed by atoms with Gasteiger partial charge in [0.2, 0.25) is 5.91 Å². The summed E-state index contributed by atoms with van der Waals surface area (Å²) in [6.45, 7) is 0.716. The van der Waals surface area contributed by atoms with E-state index in [4.69, 9.17) is 10.2 Å². The Bertz CT molecular complexity index is 1210. The van der Waals surface area contributed by atoms with Crippen molar-refractivity contribution in [3.63, 3.8) is 0 Å². The minimum absolute atomic E-state index is 0.0878. The highest BCUT2D eigenvalue weighted by Crippen LogP contribution is 2.31. The van der Waals surface area contributed by atoms with Crippen molar-refractivity contribution in [3.05, 3.63) is 95.2 Å². The van der Waals surface area contributed by atoms with Crippen LogP contribution in [-0.2, 0) is 6.54 Å². The summed E-state index contributed by atoms with van der Waals surface area (Å²) in [6.07, 6.45) is 7.61. The molecule has 3 aromatic rings. The molecular formula is C24H23N5O2. The van der Waals surface area contributed by atoms with E-state index in [1.54, 1.807) is 18.5 Å². The van der Waals surface area contributed by atoms with Crippen LogP contribution in [0.15, 0.2) is 87.7 Å². The Morgan fingerprint density at radius 2 is 2.03 bits per heavy atom. The Kier molecular flexibility index (Phi) is 5.11. The second kappa shape index (κ2) is 8.22. The zero-order valence-electron chi connectivity index (χ0n) is 16.8. The van der Waals surface area contributed by atoms with Gasteiger partial charge in [-0.05, 0) is 23.3 Å². The van der Waals surface area contributed by atoms with Gasteiger partial charge in [0.05, 0.1) is 18.0 Å². The maximum Gasteiger partial charge on any atom is 0.249 e. The molecule has 0 saturated heterocycles. The van der Waals surface area contributed by atoms with E-state index in [-0.39, 0.29) is 12.3 Å². The molecule has 156 valence electrons. The van der Waals surface area contributed by atoms with E-state index in [1.807, 2.05) is 42.6 Å². The molecule has 0 spiro atoms. The summed E-state index contributed by atoms with van der Waals surface area (Å²) in [7, 11) is 0. The molecule has 2 unspecified atom stereocenters. The van der Waals surface area contributed by atoms with Crippen molar-refractivity contribution in [2.24, 2.45) is 10.7 Å².